The molecule has 1 atom stereocenters. The summed E-state index contributed by atoms with van der Waals surface area (Å²) in [6.07, 6.45) is 0. The van der Waals surface area contributed by atoms with Crippen molar-refractivity contribution in [3.63, 3.8) is 0 Å². The molecule has 0 fully saturated rings. The largest absolute Gasteiger partial charge is 0.708 e. The van der Waals surface area contributed by atoms with Crippen molar-refractivity contribution >= 4 is 20.3 Å². The van der Waals surface area contributed by atoms with Gasteiger partial charge in [-0.3, -0.25) is 0 Å². The van der Waals surface area contributed by atoms with E-state index in [1.807, 2.05) is 0 Å². The topological polar surface area (TPSA) is 70.3 Å². The van der Waals surface area contributed by atoms with Crippen LogP contribution in [-0.2, 0) is 8.54 Å². The van der Waals surface area contributed by atoms with Crippen LogP contribution in [0, 0.1) is 10.7 Å². The zero-order valence-corrected chi connectivity index (χ0v) is 4.78. The summed E-state index contributed by atoms with van der Waals surface area (Å²) in [5.74, 6) is 0. The maximum Gasteiger partial charge on any atom is 0.708 e. The van der Waals surface area contributed by atoms with Crippen LogP contribution in [0.3, 0.4) is 0 Å². The van der Waals surface area contributed by atoms with Gasteiger partial charge in [-0.15, -0.1) is 4.89 Å². The first-order valence-electron chi connectivity index (χ1n) is 1.16. The first kappa shape index (κ1) is 6.86. The number of nitriles is 1. The Kier molecular flexibility index (Phi) is 3.95. The van der Waals surface area contributed by atoms with Crippen LogP contribution in [0.4, 0.5) is 0 Å². The summed E-state index contributed by atoms with van der Waals surface area (Å²) in [6.45, 7) is 0. The van der Waals surface area contributed by atoms with Gasteiger partial charge in [0.25, 0.3) is 0 Å². The Hall–Kier alpha value is -0.140. The Morgan fingerprint density at radius 2 is 2.57 bits per heavy atom. The molecule has 0 saturated carbocycles. The molecule has 0 bridgehead atoms. The van der Waals surface area contributed by atoms with Gasteiger partial charge < -0.3 is 0 Å². The molecule has 38 valence electrons. The number of hydrogen-bond acceptors (Lipinski definition) is 4. The molecule has 0 amide bonds. The number of hydrogen-bond donors (Lipinski definition) is 1. The van der Waals surface area contributed by atoms with Crippen molar-refractivity contribution < 1.29 is 13.4 Å². The second-order valence-corrected chi connectivity index (χ2v) is 1.91. The minimum absolute atomic E-state index is 0.288. The molecular weight excluding hydrogens is 137 g/mol. The Bertz CT molecular complexity index is 108. The van der Waals surface area contributed by atoms with Gasteiger partial charge >= 0.3 is 8.25 Å². The summed E-state index contributed by atoms with van der Waals surface area (Å²) < 4.78 is 13.3. The van der Waals surface area contributed by atoms with Crippen molar-refractivity contribution in [1.29, 1.82) is 5.26 Å². The molecule has 0 heterocycles. The lowest BCUT2D eigenvalue weighted by Gasteiger charge is -1.63. The van der Waals surface area contributed by atoms with Crippen LogP contribution in [0.15, 0.2) is 0 Å². The third-order valence-electron chi connectivity index (χ3n) is 0.138. The average molecular weight is 138 g/mol. The monoisotopic (exact) mass is 138 g/mol. The zero-order chi connectivity index (χ0) is 5.70. The minimum Gasteiger partial charge on any atom is -0.183 e. The Labute approximate surface area is 45.2 Å². The standard InChI is InChI=1S/CNO3PS/c2-1-7-5-6(3)4/p+1. The van der Waals surface area contributed by atoms with Gasteiger partial charge in [0.15, 0.2) is 17.4 Å². The predicted octanol–water partition coefficient (Wildman–Crippen LogP) is 0.782. The van der Waals surface area contributed by atoms with Crippen LogP contribution in [0.2, 0.25) is 0 Å². The molecule has 0 aromatic heterocycles. The molecule has 0 rings (SSSR count). The molecular formula is CHNO3PS+. The van der Waals surface area contributed by atoms with Gasteiger partial charge in [0.2, 0.25) is 0 Å². The second-order valence-electron chi connectivity index (χ2n) is 0.487. The van der Waals surface area contributed by atoms with Crippen molar-refractivity contribution in [3.05, 3.63) is 0 Å². The fourth-order valence-corrected chi connectivity index (χ4v) is 0.437. The van der Waals surface area contributed by atoms with Gasteiger partial charge in [-0.1, -0.05) is 0 Å². The van der Waals surface area contributed by atoms with Gasteiger partial charge in [-0.2, -0.15) is 5.26 Å². The second kappa shape index (κ2) is 4.03. The Morgan fingerprint density at radius 3 is 2.71 bits per heavy atom. The van der Waals surface area contributed by atoms with Gasteiger partial charge in [-0.05, 0) is 3.97 Å². The maximum atomic E-state index is 9.51. The van der Waals surface area contributed by atoms with Crippen LogP contribution >= 0.6 is 20.3 Å². The number of rotatable bonds is 2. The quantitative estimate of drug-likeness (QED) is 0.347. The van der Waals surface area contributed by atoms with E-state index >= 15 is 0 Å². The van der Waals surface area contributed by atoms with Crippen molar-refractivity contribution in [2.75, 3.05) is 0 Å². The van der Waals surface area contributed by atoms with E-state index in [2.05, 4.69) is 3.97 Å². The third-order valence-corrected chi connectivity index (χ3v) is 1.02. The van der Waals surface area contributed by atoms with E-state index in [9.17, 15) is 4.57 Å². The third kappa shape index (κ3) is 5.86. The van der Waals surface area contributed by atoms with Gasteiger partial charge in [0, 0.05) is 4.57 Å². The smallest absolute Gasteiger partial charge is 0.183 e. The minimum atomic E-state index is -2.62. The van der Waals surface area contributed by atoms with E-state index in [0.29, 0.717) is 0 Å². The fourth-order valence-electron chi connectivity index (χ4n) is 0.0485. The fraction of sp³-hybridized carbons (Fsp3) is 0. The highest BCUT2D eigenvalue weighted by atomic mass is 32.2. The molecule has 0 radical (unpaired) electrons. The highest BCUT2D eigenvalue weighted by Gasteiger charge is 2.11. The maximum absolute atomic E-state index is 9.51. The molecule has 0 aliphatic rings. The molecule has 7 heavy (non-hydrogen) atoms. The van der Waals surface area contributed by atoms with Gasteiger partial charge in [0.05, 0.1) is 0 Å². The van der Waals surface area contributed by atoms with E-state index in [1.165, 1.54) is 5.40 Å². The molecule has 1 unspecified atom stereocenters. The molecule has 4 nitrogen and oxygen atoms in total. The molecule has 0 saturated heterocycles. The Balaban J connectivity index is 3.02. The number of thiocyanates is 1. The first-order chi connectivity index (χ1) is 3.27. The normalized spacial score (nSPS) is 10.0. The average Bonchev–Trinajstić information content (AvgIpc) is 1.61. The van der Waals surface area contributed by atoms with Crippen molar-refractivity contribution in [3.8, 4) is 5.40 Å². The van der Waals surface area contributed by atoms with Crippen molar-refractivity contribution in [2.45, 2.75) is 0 Å². The summed E-state index contributed by atoms with van der Waals surface area (Å²) >= 11 is 0.288. The van der Waals surface area contributed by atoms with Crippen LogP contribution in [0.25, 0.3) is 0 Å². The van der Waals surface area contributed by atoms with Crippen LogP contribution < -0.4 is 0 Å². The molecule has 0 aliphatic heterocycles. The molecule has 0 spiro atoms. The molecule has 1 N–H and O–H groups in total. The van der Waals surface area contributed by atoms with Crippen LogP contribution in [0.5, 0.6) is 0 Å². The summed E-state index contributed by atoms with van der Waals surface area (Å²) in [4.78, 5) is 7.80. The predicted molar refractivity (Wildman–Crippen MR) is 24.1 cm³/mol. The van der Waals surface area contributed by atoms with E-state index in [-0.39, 0.29) is 12.0 Å². The van der Waals surface area contributed by atoms with E-state index < -0.39 is 8.25 Å². The SMILES string of the molecule is N#CSO[P+](=O)O. The summed E-state index contributed by atoms with van der Waals surface area (Å²) in [6, 6.07) is 0. The number of nitrogens with zero attached hydrogens (tertiary/aromatic N) is 1. The zero-order valence-electron chi connectivity index (χ0n) is 3.07. The highest BCUT2D eigenvalue weighted by Crippen LogP contribution is 2.22. The Morgan fingerprint density at radius 1 is 2.00 bits per heavy atom. The van der Waals surface area contributed by atoms with Crippen molar-refractivity contribution in [1.82, 2.24) is 0 Å². The lowest BCUT2D eigenvalue weighted by molar-refractivity contribution is 0.434. The van der Waals surface area contributed by atoms with Gasteiger partial charge in [-0.25, -0.2) is 0 Å². The summed E-state index contributed by atoms with van der Waals surface area (Å²) in [5, 5.41) is 9.11. The molecule has 6 heteroatoms. The summed E-state index contributed by atoms with van der Waals surface area (Å²) in [5.41, 5.74) is 0. The van der Waals surface area contributed by atoms with Crippen LogP contribution in [0.1, 0.15) is 0 Å². The highest BCUT2D eigenvalue weighted by molar-refractivity contribution is 8.01. The lowest BCUT2D eigenvalue weighted by Crippen LogP contribution is -1.55. The molecule has 0 aromatic rings. The van der Waals surface area contributed by atoms with Crippen LogP contribution in [-0.4, -0.2) is 4.89 Å². The molecule has 0 aromatic carbocycles. The first-order valence-corrected chi connectivity index (χ1v) is 3.03. The van der Waals surface area contributed by atoms with Crippen molar-refractivity contribution in [2.24, 2.45) is 0 Å². The molecule has 0 aliphatic carbocycles. The van der Waals surface area contributed by atoms with E-state index in [1.54, 1.807) is 0 Å². The lowest BCUT2D eigenvalue weighted by atomic mass is 11.8. The summed E-state index contributed by atoms with van der Waals surface area (Å²) in [7, 11) is -2.62. The van der Waals surface area contributed by atoms with E-state index in [4.69, 9.17) is 10.2 Å². The van der Waals surface area contributed by atoms with E-state index in [0.717, 1.165) is 0 Å². The van der Waals surface area contributed by atoms with Gasteiger partial charge in [0.1, 0.15) is 0 Å².